The molecule has 42 heavy (non-hydrogen) atoms. The Morgan fingerprint density at radius 1 is 0.500 bits per heavy atom. The van der Waals surface area contributed by atoms with E-state index < -0.39 is 17.9 Å². The summed E-state index contributed by atoms with van der Waals surface area (Å²) < 4.78 is 15.6. The number of nitrogens with zero attached hydrogens (tertiary/aromatic N) is 1. The van der Waals surface area contributed by atoms with Crippen LogP contribution in [0.2, 0.25) is 0 Å². The van der Waals surface area contributed by atoms with Gasteiger partial charge in [0, 0.05) is 37.0 Å². The third-order valence-corrected chi connectivity index (χ3v) is 6.17. The zero-order valence-corrected chi connectivity index (χ0v) is 22.9. The number of hydrogen-bond acceptors (Lipinski definition) is 7. The van der Waals surface area contributed by atoms with E-state index in [2.05, 4.69) is 24.6 Å². The van der Waals surface area contributed by atoms with E-state index in [4.69, 9.17) is 14.2 Å². The molecule has 4 aromatic carbocycles. The maximum absolute atomic E-state index is 11.5. The summed E-state index contributed by atoms with van der Waals surface area (Å²) in [7, 11) is 0. The van der Waals surface area contributed by atoms with Crippen molar-refractivity contribution in [3.8, 4) is 28.4 Å². The van der Waals surface area contributed by atoms with Gasteiger partial charge in [-0.05, 0) is 70.8 Å². The molecule has 0 unspecified atom stereocenters. The van der Waals surface area contributed by atoms with Crippen LogP contribution in [-0.4, -0.2) is 17.9 Å². The zero-order valence-electron chi connectivity index (χ0n) is 22.9. The number of esters is 3. The maximum atomic E-state index is 11.5. The Morgan fingerprint density at radius 3 is 1.14 bits per heavy atom. The van der Waals surface area contributed by atoms with E-state index in [1.54, 1.807) is 36.4 Å². The van der Waals surface area contributed by atoms with Crippen molar-refractivity contribution in [1.29, 1.82) is 0 Å². The second kappa shape index (κ2) is 14.1. The molecule has 0 fully saturated rings. The molecule has 0 aliphatic heterocycles. The molecule has 0 saturated heterocycles. The Labute approximate surface area is 244 Å². The molecule has 0 aliphatic rings. The summed E-state index contributed by atoms with van der Waals surface area (Å²) >= 11 is 0. The number of carbonyl (C=O) groups excluding carboxylic acids is 3. The van der Waals surface area contributed by atoms with Crippen molar-refractivity contribution in [3.05, 3.63) is 146 Å². The van der Waals surface area contributed by atoms with Gasteiger partial charge in [-0.2, -0.15) is 0 Å². The lowest BCUT2D eigenvalue weighted by Gasteiger charge is -2.26. The number of benzene rings is 4. The van der Waals surface area contributed by atoms with E-state index in [-0.39, 0.29) is 0 Å². The Hall–Kier alpha value is -5.69. The molecule has 0 aromatic heterocycles. The van der Waals surface area contributed by atoms with Crippen molar-refractivity contribution < 1.29 is 28.6 Å². The van der Waals surface area contributed by atoms with E-state index in [0.29, 0.717) is 30.3 Å². The molecule has 0 N–H and O–H groups in total. The number of ether oxygens (including phenoxy) is 3. The van der Waals surface area contributed by atoms with Crippen LogP contribution in [0.3, 0.4) is 0 Å². The van der Waals surface area contributed by atoms with Gasteiger partial charge in [-0.15, -0.1) is 0 Å². The van der Waals surface area contributed by atoms with Gasteiger partial charge >= 0.3 is 17.9 Å². The van der Waals surface area contributed by atoms with Crippen LogP contribution in [0.5, 0.6) is 17.2 Å². The summed E-state index contributed by atoms with van der Waals surface area (Å²) in [6.07, 6.45) is 3.36. The van der Waals surface area contributed by atoms with Crippen LogP contribution in [0, 0.1) is 0 Å². The first-order valence-corrected chi connectivity index (χ1v) is 13.0. The van der Waals surface area contributed by atoms with Crippen molar-refractivity contribution in [1.82, 2.24) is 0 Å². The molecule has 0 spiro atoms. The van der Waals surface area contributed by atoms with Crippen LogP contribution in [0.4, 0.5) is 5.69 Å². The van der Waals surface area contributed by atoms with Crippen LogP contribution in [0.15, 0.2) is 135 Å². The zero-order chi connectivity index (χ0) is 29.9. The third kappa shape index (κ3) is 8.16. The van der Waals surface area contributed by atoms with Crippen LogP contribution in [0.25, 0.3) is 11.1 Å². The van der Waals surface area contributed by atoms with Crippen LogP contribution in [-0.2, 0) is 27.5 Å². The smallest absolute Gasteiger partial charge is 0.335 e. The van der Waals surface area contributed by atoms with Crippen molar-refractivity contribution in [2.75, 3.05) is 4.90 Å². The highest BCUT2D eigenvalue weighted by Gasteiger charge is 2.11. The molecule has 0 saturated carbocycles. The Balaban J connectivity index is 1.55. The topological polar surface area (TPSA) is 82.1 Å². The van der Waals surface area contributed by atoms with Crippen LogP contribution in [0.1, 0.15) is 11.1 Å². The molecule has 0 aliphatic carbocycles. The second-order valence-corrected chi connectivity index (χ2v) is 9.09. The maximum Gasteiger partial charge on any atom is 0.335 e. The van der Waals surface area contributed by atoms with E-state index in [1.807, 2.05) is 60.7 Å². The Morgan fingerprint density at radius 2 is 0.810 bits per heavy atom. The third-order valence-electron chi connectivity index (χ3n) is 6.17. The monoisotopic (exact) mass is 559 g/mol. The number of carbonyl (C=O) groups is 3. The lowest BCUT2D eigenvalue weighted by atomic mass is 10.0. The van der Waals surface area contributed by atoms with Gasteiger partial charge in [0.2, 0.25) is 0 Å². The van der Waals surface area contributed by atoms with E-state index in [0.717, 1.165) is 46.2 Å². The SMILES string of the molecule is C=CC(=O)Oc1ccc(CN(Cc2ccc(OC(=O)C=C)cc2)c2ccc(-c3ccc(OC(=O)C=C)cc3)cc2)cc1. The van der Waals surface area contributed by atoms with Crippen LogP contribution >= 0.6 is 0 Å². The molecular formula is C35H29NO6. The van der Waals surface area contributed by atoms with Gasteiger partial charge in [0.05, 0.1) is 0 Å². The fourth-order valence-electron chi connectivity index (χ4n) is 4.06. The normalized spacial score (nSPS) is 10.2. The molecule has 0 amide bonds. The van der Waals surface area contributed by atoms with Gasteiger partial charge in [-0.25, -0.2) is 14.4 Å². The number of anilines is 1. The summed E-state index contributed by atoms with van der Waals surface area (Å²) in [5.41, 5.74) is 4.99. The first-order valence-electron chi connectivity index (χ1n) is 13.0. The van der Waals surface area contributed by atoms with Gasteiger partial charge in [0.1, 0.15) is 17.2 Å². The summed E-state index contributed by atoms with van der Waals surface area (Å²) in [6, 6.07) is 30.0. The molecule has 0 heterocycles. The fraction of sp³-hybridized carbons (Fsp3) is 0.0571. The van der Waals surface area contributed by atoms with Gasteiger partial charge in [-0.3, -0.25) is 0 Å². The lowest BCUT2D eigenvalue weighted by Crippen LogP contribution is -2.22. The predicted octanol–water partition coefficient (Wildman–Crippen LogP) is 6.83. The summed E-state index contributed by atoms with van der Waals surface area (Å²) in [5, 5.41) is 0. The fourth-order valence-corrected chi connectivity index (χ4v) is 4.06. The average Bonchev–Trinajstić information content (AvgIpc) is 3.02. The summed E-state index contributed by atoms with van der Waals surface area (Å²) in [4.78, 5) is 36.7. The highest BCUT2D eigenvalue weighted by Crippen LogP contribution is 2.28. The molecule has 4 rings (SSSR count). The van der Waals surface area contributed by atoms with Crippen molar-refractivity contribution in [2.45, 2.75) is 13.1 Å². The van der Waals surface area contributed by atoms with E-state index in [9.17, 15) is 14.4 Å². The molecular weight excluding hydrogens is 530 g/mol. The first kappa shape index (κ1) is 29.3. The summed E-state index contributed by atoms with van der Waals surface area (Å²) in [6.45, 7) is 11.4. The minimum Gasteiger partial charge on any atom is -0.423 e. The molecule has 7 nitrogen and oxygen atoms in total. The lowest BCUT2D eigenvalue weighted by molar-refractivity contribution is -0.129. The van der Waals surface area contributed by atoms with Crippen molar-refractivity contribution in [2.24, 2.45) is 0 Å². The molecule has 4 aromatic rings. The van der Waals surface area contributed by atoms with Crippen LogP contribution < -0.4 is 19.1 Å². The standard InChI is InChI=1S/C35H29NO6/c1-4-33(37)40-30-17-7-25(8-18-30)23-36(24-26-9-19-31(20-10-26)41-34(38)5-2)29-15-11-27(12-16-29)28-13-21-32(22-14-28)42-35(39)6-3/h4-22H,1-3,23-24H2. The van der Waals surface area contributed by atoms with E-state index >= 15 is 0 Å². The molecule has 0 atom stereocenters. The highest BCUT2D eigenvalue weighted by molar-refractivity contribution is 5.84. The van der Waals surface area contributed by atoms with E-state index in [1.165, 1.54) is 0 Å². The average molecular weight is 560 g/mol. The quantitative estimate of drug-likeness (QED) is 0.107. The number of hydrogen-bond donors (Lipinski definition) is 0. The number of rotatable bonds is 12. The van der Waals surface area contributed by atoms with Gasteiger partial charge in [0.15, 0.2) is 0 Å². The highest BCUT2D eigenvalue weighted by atomic mass is 16.5. The molecule has 210 valence electrons. The minimum atomic E-state index is -0.515. The van der Waals surface area contributed by atoms with Crippen molar-refractivity contribution in [3.63, 3.8) is 0 Å². The van der Waals surface area contributed by atoms with Gasteiger partial charge < -0.3 is 19.1 Å². The predicted molar refractivity (Wildman–Crippen MR) is 162 cm³/mol. The van der Waals surface area contributed by atoms with Crippen molar-refractivity contribution >= 4 is 23.6 Å². The molecule has 7 heteroatoms. The minimum absolute atomic E-state index is 0.439. The second-order valence-electron chi connectivity index (χ2n) is 9.09. The Kier molecular flexibility index (Phi) is 9.83. The summed E-state index contributed by atoms with van der Waals surface area (Å²) in [5.74, 6) is -0.212. The van der Waals surface area contributed by atoms with Gasteiger partial charge in [0.25, 0.3) is 0 Å². The molecule has 0 bridgehead atoms. The largest absolute Gasteiger partial charge is 0.423 e. The van der Waals surface area contributed by atoms with Gasteiger partial charge in [-0.1, -0.05) is 68.3 Å². The first-order chi connectivity index (χ1) is 20.4. The Bertz CT molecular complexity index is 1500. The molecule has 0 radical (unpaired) electrons.